The summed E-state index contributed by atoms with van der Waals surface area (Å²) in [5.74, 6) is 0.225. The zero-order chi connectivity index (χ0) is 12.4. The Morgan fingerprint density at radius 3 is 2.94 bits per heavy atom. The van der Waals surface area contributed by atoms with E-state index < -0.39 is 0 Å². The minimum Gasteiger partial charge on any atom is -0.304 e. The molecular weight excluding hydrogens is 300 g/mol. The first-order valence-electron chi connectivity index (χ1n) is 5.76. The van der Waals surface area contributed by atoms with Gasteiger partial charge >= 0.3 is 0 Å². The summed E-state index contributed by atoms with van der Waals surface area (Å²) in [5.41, 5.74) is 0. The van der Waals surface area contributed by atoms with Gasteiger partial charge in [-0.15, -0.1) is 11.3 Å². The number of carbonyl (C=O) groups is 1. The van der Waals surface area contributed by atoms with E-state index in [1.165, 1.54) is 11.3 Å². The first-order valence-corrected chi connectivity index (χ1v) is 7.44. The SMILES string of the molecule is CC1CN(C)CCN1CC(=O)c1sccc1Br. The number of hydrogen-bond acceptors (Lipinski definition) is 4. The molecule has 0 aromatic carbocycles. The van der Waals surface area contributed by atoms with E-state index in [9.17, 15) is 4.79 Å². The van der Waals surface area contributed by atoms with Crippen molar-refractivity contribution in [1.29, 1.82) is 0 Å². The summed E-state index contributed by atoms with van der Waals surface area (Å²) in [6.07, 6.45) is 0. The zero-order valence-electron chi connectivity index (χ0n) is 10.1. The van der Waals surface area contributed by atoms with Crippen molar-refractivity contribution in [2.24, 2.45) is 0 Å². The van der Waals surface area contributed by atoms with Gasteiger partial charge < -0.3 is 4.90 Å². The summed E-state index contributed by atoms with van der Waals surface area (Å²) < 4.78 is 0.925. The van der Waals surface area contributed by atoms with E-state index in [1.807, 2.05) is 11.4 Å². The monoisotopic (exact) mass is 316 g/mol. The van der Waals surface area contributed by atoms with Gasteiger partial charge in [-0.1, -0.05) is 0 Å². The Hall–Kier alpha value is -0.230. The third-order valence-corrected chi connectivity index (χ3v) is 5.06. The molecule has 94 valence electrons. The fraction of sp³-hybridized carbons (Fsp3) is 0.583. The van der Waals surface area contributed by atoms with Crippen molar-refractivity contribution in [3.8, 4) is 0 Å². The molecular formula is C12H17BrN2OS. The Labute approximate surface area is 115 Å². The molecule has 1 aromatic heterocycles. The number of piperazine rings is 1. The maximum Gasteiger partial charge on any atom is 0.187 e. The number of hydrogen-bond donors (Lipinski definition) is 0. The van der Waals surface area contributed by atoms with Crippen LogP contribution in [0.25, 0.3) is 0 Å². The second kappa shape index (κ2) is 5.61. The molecule has 1 fully saturated rings. The minimum absolute atomic E-state index is 0.225. The number of halogens is 1. The molecule has 1 saturated heterocycles. The summed E-state index contributed by atoms with van der Waals surface area (Å²) >= 11 is 4.93. The minimum atomic E-state index is 0.225. The highest BCUT2D eigenvalue weighted by molar-refractivity contribution is 9.10. The smallest absolute Gasteiger partial charge is 0.187 e. The lowest BCUT2D eigenvalue weighted by Crippen LogP contribution is -2.51. The van der Waals surface area contributed by atoms with Crippen molar-refractivity contribution in [3.05, 3.63) is 20.8 Å². The summed E-state index contributed by atoms with van der Waals surface area (Å²) in [6.45, 7) is 5.79. The van der Waals surface area contributed by atoms with Gasteiger partial charge in [-0.25, -0.2) is 0 Å². The molecule has 0 bridgehead atoms. The van der Waals surface area contributed by atoms with Crippen LogP contribution >= 0.6 is 27.3 Å². The Morgan fingerprint density at radius 1 is 1.59 bits per heavy atom. The molecule has 1 aliphatic heterocycles. The average Bonchev–Trinajstić information content (AvgIpc) is 2.68. The molecule has 0 aliphatic carbocycles. The molecule has 2 rings (SSSR count). The molecule has 0 saturated carbocycles. The van der Waals surface area contributed by atoms with Crippen molar-refractivity contribution < 1.29 is 4.79 Å². The Bertz CT molecular complexity index is 407. The summed E-state index contributed by atoms with van der Waals surface area (Å²) in [4.78, 5) is 17.6. The standard InChI is InChI=1S/C12H17BrN2OS/c1-9-7-14(2)4-5-15(9)8-11(16)12-10(13)3-6-17-12/h3,6,9H,4-5,7-8H2,1-2H3. The van der Waals surface area contributed by atoms with Crippen molar-refractivity contribution in [2.45, 2.75) is 13.0 Å². The molecule has 1 atom stereocenters. The second-order valence-electron chi connectivity index (χ2n) is 4.60. The van der Waals surface area contributed by atoms with Crippen LogP contribution in [-0.4, -0.2) is 54.9 Å². The van der Waals surface area contributed by atoms with E-state index in [-0.39, 0.29) is 5.78 Å². The predicted molar refractivity (Wildman–Crippen MR) is 74.9 cm³/mol. The largest absolute Gasteiger partial charge is 0.304 e. The van der Waals surface area contributed by atoms with E-state index in [0.717, 1.165) is 29.0 Å². The van der Waals surface area contributed by atoms with E-state index in [1.54, 1.807) is 0 Å². The van der Waals surface area contributed by atoms with Crippen LogP contribution in [0.5, 0.6) is 0 Å². The molecule has 0 spiro atoms. The van der Waals surface area contributed by atoms with Gasteiger partial charge in [0.05, 0.1) is 11.4 Å². The quantitative estimate of drug-likeness (QED) is 0.800. The highest BCUT2D eigenvalue weighted by atomic mass is 79.9. The van der Waals surface area contributed by atoms with Crippen LogP contribution in [0.2, 0.25) is 0 Å². The van der Waals surface area contributed by atoms with Gasteiger partial charge in [0.1, 0.15) is 0 Å². The van der Waals surface area contributed by atoms with Crippen LogP contribution in [0.3, 0.4) is 0 Å². The lowest BCUT2D eigenvalue weighted by atomic mass is 10.2. The van der Waals surface area contributed by atoms with E-state index in [0.29, 0.717) is 12.6 Å². The van der Waals surface area contributed by atoms with Crippen LogP contribution in [0.1, 0.15) is 16.6 Å². The van der Waals surface area contributed by atoms with Gasteiger partial charge in [0, 0.05) is 30.1 Å². The molecule has 0 N–H and O–H groups in total. The number of nitrogens with zero attached hydrogens (tertiary/aromatic N) is 2. The van der Waals surface area contributed by atoms with Crippen LogP contribution in [0.4, 0.5) is 0 Å². The molecule has 1 aliphatic rings. The number of thiophene rings is 1. The van der Waals surface area contributed by atoms with Crippen molar-refractivity contribution >= 4 is 33.0 Å². The van der Waals surface area contributed by atoms with Crippen molar-refractivity contribution in [3.63, 3.8) is 0 Å². The normalized spacial score (nSPS) is 22.9. The van der Waals surface area contributed by atoms with Gasteiger partial charge in [0.2, 0.25) is 0 Å². The lowest BCUT2D eigenvalue weighted by molar-refractivity contribution is 0.0750. The van der Waals surface area contributed by atoms with Crippen LogP contribution < -0.4 is 0 Å². The van der Waals surface area contributed by atoms with Gasteiger partial charge in [0.15, 0.2) is 5.78 Å². The highest BCUT2D eigenvalue weighted by Gasteiger charge is 2.24. The third-order valence-electron chi connectivity index (χ3n) is 3.19. The van der Waals surface area contributed by atoms with E-state index in [4.69, 9.17) is 0 Å². The van der Waals surface area contributed by atoms with Gasteiger partial charge in [-0.2, -0.15) is 0 Å². The molecule has 0 radical (unpaired) electrons. The van der Waals surface area contributed by atoms with Gasteiger partial charge in [-0.3, -0.25) is 9.69 Å². The molecule has 0 amide bonds. The van der Waals surface area contributed by atoms with E-state index >= 15 is 0 Å². The number of ketones is 1. The molecule has 1 aromatic rings. The fourth-order valence-corrected chi connectivity index (χ4v) is 3.69. The van der Waals surface area contributed by atoms with Crippen LogP contribution in [0, 0.1) is 0 Å². The topological polar surface area (TPSA) is 23.6 Å². The first-order chi connectivity index (χ1) is 8.08. The summed E-state index contributed by atoms with van der Waals surface area (Å²) in [7, 11) is 2.13. The number of Topliss-reactive ketones (excluding diaryl/α,β-unsaturated/α-hetero) is 1. The maximum absolute atomic E-state index is 12.1. The molecule has 3 nitrogen and oxygen atoms in total. The number of rotatable bonds is 3. The Morgan fingerprint density at radius 2 is 2.35 bits per heavy atom. The van der Waals surface area contributed by atoms with Gasteiger partial charge in [0.25, 0.3) is 0 Å². The zero-order valence-corrected chi connectivity index (χ0v) is 12.6. The van der Waals surface area contributed by atoms with Crippen LogP contribution in [-0.2, 0) is 0 Å². The Kier molecular flexibility index (Phi) is 4.36. The van der Waals surface area contributed by atoms with Gasteiger partial charge in [-0.05, 0) is 41.3 Å². The second-order valence-corrected chi connectivity index (χ2v) is 6.37. The lowest BCUT2D eigenvalue weighted by Gasteiger charge is -2.37. The Balaban J connectivity index is 1.97. The fourth-order valence-electron chi connectivity index (χ4n) is 2.16. The van der Waals surface area contributed by atoms with Crippen LogP contribution in [0.15, 0.2) is 15.9 Å². The average molecular weight is 317 g/mol. The van der Waals surface area contributed by atoms with Crippen molar-refractivity contribution in [2.75, 3.05) is 33.2 Å². The third kappa shape index (κ3) is 3.16. The maximum atomic E-state index is 12.1. The number of likely N-dealkylation sites (N-methyl/N-ethyl adjacent to an activating group) is 1. The molecule has 2 heterocycles. The summed E-state index contributed by atoms with van der Waals surface area (Å²) in [5, 5.41) is 1.95. The molecule has 1 unspecified atom stereocenters. The van der Waals surface area contributed by atoms with Crippen molar-refractivity contribution in [1.82, 2.24) is 9.80 Å². The highest BCUT2D eigenvalue weighted by Crippen LogP contribution is 2.23. The molecule has 17 heavy (non-hydrogen) atoms. The van der Waals surface area contributed by atoms with E-state index in [2.05, 4.69) is 39.7 Å². The predicted octanol–water partition coefficient (Wildman–Crippen LogP) is 2.33. The summed E-state index contributed by atoms with van der Waals surface area (Å²) in [6, 6.07) is 2.39. The first kappa shape index (κ1) is 13.2. The molecule has 5 heteroatoms. The number of carbonyl (C=O) groups excluding carboxylic acids is 1.